The molecule has 4 amide bonds. The molecule has 2 heterocycles. The van der Waals surface area contributed by atoms with Crippen LogP contribution in [0.5, 0.6) is 0 Å². The third-order valence-electron chi connectivity index (χ3n) is 10.3. The number of aromatic nitrogens is 2. The molecule has 4 rings (SSSR count). The molecule has 60 heavy (non-hydrogen) atoms. The highest BCUT2D eigenvalue weighted by atomic mass is 16.6. The van der Waals surface area contributed by atoms with Gasteiger partial charge in [-0.1, -0.05) is 87.8 Å². The first kappa shape index (κ1) is 47.7. The molecule has 0 aliphatic heterocycles. The van der Waals surface area contributed by atoms with Crippen molar-refractivity contribution in [3.63, 3.8) is 0 Å². The van der Waals surface area contributed by atoms with Crippen molar-refractivity contribution >= 4 is 45.8 Å². The smallest absolute Gasteiger partial charge is 0.410 e. The monoisotopic (exact) mass is 829 g/mol. The number of amides is 4. The maximum atomic E-state index is 13.0. The largest absolute Gasteiger partial charge is 0.444 e. The number of H-pyrrole nitrogens is 2. The zero-order chi connectivity index (χ0) is 43.4. The lowest BCUT2D eigenvalue weighted by atomic mass is 10.1. The summed E-state index contributed by atoms with van der Waals surface area (Å²) in [5, 5.41) is 8.15. The van der Waals surface area contributed by atoms with E-state index in [0.29, 0.717) is 65.0 Å². The zero-order valence-corrected chi connectivity index (χ0v) is 37.3. The molecule has 12 heteroatoms. The number of hydrogen-bond acceptors (Lipinski definition) is 6. The van der Waals surface area contributed by atoms with Gasteiger partial charge < -0.3 is 39.9 Å². The van der Waals surface area contributed by atoms with Gasteiger partial charge in [0, 0.05) is 73.5 Å². The summed E-state index contributed by atoms with van der Waals surface area (Å²) in [5.74, 6) is -0.0602. The van der Waals surface area contributed by atoms with Crippen molar-refractivity contribution in [3.05, 3.63) is 72.1 Å². The summed E-state index contributed by atoms with van der Waals surface area (Å²) in [6.07, 6.45) is 16.0. The number of aromatic amines is 2. The Kier molecular flexibility index (Phi) is 19.3. The van der Waals surface area contributed by atoms with E-state index in [0.717, 1.165) is 71.5 Å². The molecule has 2 aromatic heterocycles. The molecule has 0 unspecified atom stereocenters. The van der Waals surface area contributed by atoms with E-state index in [1.165, 1.54) is 25.7 Å². The number of ether oxygens (including phenoxy) is 2. The lowest BCUT2D eigenvalue weighted by Gasteiger charge is -2.27. The number of unbranched alkanes of at least 4 members (excludes halogenated alkanes) is 9. The van der Waals surface area contributed by atoms with Gasteiger partial charge in [-0.15, -0.1) is 0 Å². The van der Waals surface area contributed by atoms with Crippen LogP contribution in [0.1, 0.15) is 130 Å². The second-order valence-corrected chi connectivity index (χ2v) is 17.9. The number of carbonyl (C=O) groups excluding carboxylic acids is 4. The van der Waals surface area contributed by atoms with Crippen LogP contribution in [0.3, 0.4) is 0 Å². The van der Waals surface area contributed by atoms with Crippen LogP contribution in [-0.4, -0.2) is 94.2 Å². The summed E-state index contributed by atoms with van der Waals surface area (Å²) in [5.41, 5.74) is 2.86. The second kappa shape index (κ2) is 24.3. The SMILES string of the molecule is CC(C)(C)OC(=O)N(CCCCCCCCCCCCN(CCCNC(=O)Cc1c[nH]c2ccccc12)C(=O)OC(C)(C)C)CCCNC(=O)Cc1c[nH]c2ccccc12. The van der Waals surface area contributed by atoms with Crippen LogP contribution in [0.2, 0.25) is 0 Å². The molecule has 0 aliphatic carbocycles. The average Bonchev–Trinajstić information content (AvgIpc) is 3.79. The number of nitrogens with one attached hydrogen (secondary N) is 4. The quantitative estimate of drug-likeness (QED) is 0.0489. The summed E-state index contributed by atoms with van der Waals surface area (Å²) < 4.78 is 11.4. The van der Waals surface area contributed by atoms with Crippen LogP contribution in [0, 0.1) is 0 Å². The van der Waals surface area contributed by atoms with Crippen molar-refractivity contribution < 1.29 is 28.7 Å². The van der Waals surface area contributed by atoms with Gasteiger partial charge in [0.1, 0.15) is 11.2 Å². The van der Waals surface area contributed by atoms with Gasteiger partial charge >= 0.3 is 12.2 Å². The summed E-state index contributed by atoms with van der Waals surface area (Å²) in [7, 11) is 0. The van der Waals surface area contributed by atoms with Crippen LogP contribution in [0.15, 0.2) is 60.9 Å². The Balaban J connectivity index is 1.05. The first-order chi connectivity index (χ1) is 28.7. The zero-order valence-electron chi connectivity index (χ0n) is 37.3. The standard InChI is InChI=1S/C48H72N6O6/c1-47(2,3)59-45(57)53(31-21-27-49-43(55)33-37-35-51-41-25-17-15-23-39(37)41)29-19-13-11-9-7-8-10-12-14-20-30-54(46(58)60-48(4,5)6)32-22-28-50-44(56)34-38-36-52-42-26-18-16-24-40(38)42/h15-18,23-26,35-36,51-52H,7-14,19-22,27-34H2,1-6H3,(H,49,55)(H,50,56). The molecule has 0 fully saturated rings. The minimum Gasteiger partial charge on any atom is -0.444 e. The summed E-state index contributed by atoms with van der Waals surface area (Å²) in [4.78, 5) is 61.3. The van der Waals surface area contributed by atoms with Gasteiger partial charge in [0.25, 0.3) is 0 Å². The maximum Gasteiger partial charge on any atom is 0.410 e. The van der Waals surface area contributed by atoms with Crippen molar-refractivity contribution in [1.82, 2.24) is 30.4 Å². The van der Waals surface area contributed by atoms with Crippen LogP contribution >= 0.6 is 0 Å². The number of nitrogens with zero attached hydrogens (tertiary/aromatic N) is 2. The summed E-state index contributed by atoms with van der Waals surface area (Å²) in [6, 6.07) is 15.9. The molecule has 0 spiro atoms. The van der Waals surface area contributed by atoms with Crippen LogP contribution in [-0.2, 0) is 31.9 Å². The van der Waals surface area contributed by atoms with Crippen LogP contribution < -0.4 is 10.6 Å². The van der Waals surface area contributed by atoms with Crippen molar-refractivity contribution in [1.29, 1.82) is 0 Å². The van der Waals surface area contributed by atoms with E-state index in [2.05, 4.69) is 20.6 Å². The molecule has 12 nitrogen and oxygen atoms in total. The van der Waals surface area contributed by atoms with Crippen LogP contribution in [0.4, 0.5) is 9.59 Å². The van der Waals surface area contributed by atoms with Gasteiger partial charge in [0.2, 0.25) is 11.8 Å². The lowest BCUT2D eigenvalue weighted by molar-refractivity contribution is -0.121. The molecule has 0 radical (unpaired) electrons. The first-order valence-corrected chi connectivity index (χ1v) is 22.3. The average molecular weight is 829 g/mol. The van der Waals surface area contributed by atoms with E-state index in [1.807, 2.05) is 102 Å². The predicted molar refractivity (Wildman–Crippen MR) is 241 cm³/mol. The third-order valence-corrected chi connectivity index (χ3v) is 10.3. The Hall–Kier alpha value is -5.00. The van der Waals surface area contributed by atoms with Gasteiger partial charge in [-0.2, -0.15) is 0 Å². The minimum atomic E-state index is -0.569. The highest BCUT2D eigenvalue weighted by Gasteiger charge is 2.23. The van der Waals surface area contributed by atoms with Crippen molar-refractivity contribution in [2.24, 2.45) is 0 Å². The van der Waals surface area contributed by atoms with E-state index in [1.54, 1.807) is 9.80 Å². The fourth-order valence-corrected chi connectivity index (χ4v) is 7.28. The molecule has 0 atom stereocenters. The number of fused-ring (bicyclic) bond motifs is 2. The van der Waals surface area contributed by atoms with Gasteiger partial charge in [0.05, 0.1) is 12.8 Å². The van der Waals surface area contributed by atoms with E-state index >= 15 is 0 Å². The molecule has 2 aromatic carbocycles. The van der Waals surface area contributed by atoms with Gasteiger partial charge in [-0.25, -0.2) is 9.59 Å². The third kappa shape index (κ3) is 17.7. The molecule has 330 valence electrons. The highest BCUT2D eigenvalue weighted by molar-refractivity contribution is 5.89. The van der Waals surface area contributed by atoms with E-state index < -0.39 is 11.2 Å². The minimum absolute atomic E-state index is 0.0301. The number of benzene rings is 2. The molecular weight excluding hydrogens is 757 g/mol. The van der Waals surface area contributed by atoms with E-state index in [9.17, 15) is 19.2 Å². The molecule has 4 N–H and O–H groups in total. The first-order valence-electron chi connectivity index (χ1n) is 22.3. The van der Waals surface area contributed by atoms with Crippen molar-refractivity contribution in [2.45, 2.75) is 143 Å². The van der Waals surface area contributed by atoms with E-state index in [4.69, 9.17) is 9.47 Å². The molecule has 0 saturated carbocycles. The Labute approximate surface area is 357 Å². The van der Waals surface area contributed by atoms with Crippen molar-refractivity contribution in [3.8, 4) is 0 Å². The Morgan fingerprint density at radius 2 is 0.833 bits per heavy atom. The fraction of sp³-hybridized carbons (Fsp3) is 0.583. The molecular formula is C48H72N6O6. The number of para-hydroxylation sites is 2. The maximum absolute atomic E-state index is 13.0. The molecule has 0 saturated heterocycles. The highest BCUT2D eigenvalue weighted by Crippen LogP contribution is 2.20. The predicted octanol–water partition coefficient (Wildman–Crippen LogP) is 9.82. The number of rotatable bonds is 25. The van der Waals surface area contributed by atoms with E-state index in [-0.39, 0.29) is 24.0 Å². The van der Waals surface area contributed by atoms with Gasteiger partial charge in [-0.05, 0) is 90.5 Å². The normalized spacial score (nSPS) is 11.8. The second-order valence-electron chi connectivity index (χ2n) is 17.9. The van der Waals surface area contributed by atoms with Crippen molar-refractivity contribution in [2.75, 3.05) is 39.3 Å². The fourth-order valence-electron chi connectivity index (χ4n) is 7.28. The molecule has 0 aliphatic rings. The summed E-state index contributed by atoms with van der Waals surface area (Å²) in [6.45, 7) is 14.6. The molecule has 4 aromatic rings. The Morgan fingerprint density at radius 1 is 0.500 bits per heavy atom. The Bertz CT molecular complexity index is 1780. The molecule has 0 bridgehead atoms. The summed E-state index contributed by atoms with van der Waals surface area (Å²) >= 11 is 0. The van der Waals surface area contributed by atoms with Crippen LogP contribution in [0.25, 0.3) is 21.8 Å². The number of hydrogen-bond donors (Lipinski definition) is 4. The Morgan fingerprint density at radius 3 is 1.20 bits per heavy atom. The van der Waals surface area contributed by atoms with Gasteiger partial charge in [-0.3, -0.25) is 9.59 Å². The lowest BCUT2D eigenvalue weighted by Crippen LogP contribution is -2.39. The topological polar surface area (TPSA) is 149 Å². The van der Waals surface area contributed by atoms with Gasteiger partial charge in [0.15, 0.2) is 0 Å². The number of carbonyl (C=O) groups is 4.